The molecule has 0 radical (unpaired) electrons. The number of nitrogens with zero attached hydrogens (tertiary/aromatic N) is 1. The molecule has 1 atom stereocenters. The van der Waals surface area contributed by atoms with Gasteiger partial charge in [0.1, 0.15) is 11.6 Å². The summed E-state index contributed by atoms with van der Waals surface area (Å²) in [6, 6.07) is 3.39. The SMILES string of the molecule is CCCCCC(C)NC(=NC)NCCc1cc(F)cc2c1OCOC2.I. The number of guanidine groups is 1. The van der Waals surface area contributed by atoms with Crippen LogP contribution in [0, 0.1) is 5.82 Å². The fraction of sp³-hybridized carbons (Fsp3) is 0.632. The van der Waals surface area contributed by atoms with Crippen LogP contribution in [0.1, 0.15) is 50.7 Å². The second-order valence-electron chi connectivity index (χ2n) is 6.45. The third kappa shape index (κ3) is 7.26. The first-order valence-corrected chi connectivity index (χ1v) is 9.13. The van der Waals surface area contributed by atoms with Gasteiger partial charge in [-0.2, -0.15) is 0 Å². The smallest absolute Gasteiger partial charge is 0.191 e. The maximum Gasteiger partial charge on any atom is 0.191 e. The lowest BCUT2D eigenvalue weighted by atomic mass is 10.1. The van der Waals surface area contributed by atoms with E-state index in [1.54, 1.807) is 7.05 Å². The van der Waals surface area contributed by atoms with E-state index in [1.807, 2.05) is 0 Å². The van der Waals surface area contributed by atoms with Gasteiger partial charge in [0.05, 0.1) is 6.61 Å². The lowest BCUT2D eigenvalue weighted by Gasteiger charge is -2.21. The van der Waals surface area contributed by atoms with Crippen molar-refractivity contribution >= 4 is 29.9 Å². The quantitative estimate of drug-likeness (QED) is 0.256. The Bertz CT molecular complexity index is 584. The molecule has 0 aliphatic carbocycles. The molecule has 1 aliphatic rings. The molecule has 7 heteroatoms. The minimum absolute atomic E-state index is 0. The van der Waals surface area contributed by atoms with E-state index < -0.39 is 0 Å². The van der Waals surface area contributed by atoms with Crippen molar-refractivity contribution in [3.8, 4) is 5.75 Å². The Labute approximate surface area is 173 Å². The van der Waals surface area contributed by atoms with Crippen LogP contribution in [0.3, 0.4) is 0 Å². The third-order valence-corrected chi connectivity index (χ3v) is 4.29. The van der Waals surface area contributed by atoms with Crippen LogP contribution in [-0.2, 0) is 17.8 Å². The molecule has 0 bridgehead atoms. The fourth-order valence-electron chi connectivity index (χ4n) is 2.96. The maximum atomic E-state index is 13.8. The van der Waals surface area contributed by atoms with Crippen molar-refractivity contribution in [2.75, 3.05) is 20.4 Å². The molecule has 1 heterocycles. The van der Waals surface area contributed by atoms with Crippen LogP contribution in [0.25, 0.3) is 0 Å². The zero-order chi connectivity index (χ0) is 18.1. The summed E-state index contributed by atoms with van der Waals surface area (Å²) in [4.78, 5) is 4.26. The monoisotopic (exact) mass is 479 g/mol. The molecule has 5 nitrogen and oxygen atoms in total. The average molecular weight is 479 g/mol. The predicted molar refractivity (Wildman–Crippen MR) is 114 cm³/mol. The van der Waals surface area contributed by atoms with Gasteiger partial charge in [-0.3, -0.25) is 4.99 Å². The van der Waals surface area contributed by atoms with Crippen LogP contribution in [0.5, 0.6) is 5.75 Å². The summed E-state index contributed by atoms with van der Waals surface area (Å²) in [5, 5.41) is 6.69. The second-order valence-corrected chi connectivity index (χ2v) is 6.45. The van der Waals surface area contributed by atoms with Crippen molar-refractivity contribution in [1.29, 1.82) is 0 Å². The molecule has 1 aliphatic heterocycles. The topological polar surface area (TPSA) is 54.9 Å². The summed E-state index contributed by atoms with van der Waals surface area (Å²) in [6.07, 6.45) is 5.48. The van der Waals surface area contributed by atoms with Crippen LogP contribution in [0.2, 0.25) is 0 Å². The molecule has 0 amide bonds. The standard InChI is InChI=1S/C19H30FN3O2.HI/c1-4-5-6-7-14(2)23-19(21-3)22-9-8-15-10-17(20)11-16-12-24-13-25-18(15)16;/h10-11,14H,4-9,12-13H2,1-3H3,(H2,21,22,23);1H. The third-order valence-electron chi connectivity index (χ3n) is 4.29. The first-order valence-electron chi connectivity index (χ1n) is 9.13. The van der Waals surface area contributed by atoms with Crippen LogP contribution < -0.4 is 15.4 Å². The molecule has 1 aromatic carbocycles. The van der Waals surface area contributed by atoms with Gasteiger partial charge < -0.3 is 20.1 Å². The highest BCUT2D eigenvalue weighted by molar-refractivity contribution is 14.0. The second kappa shape index (κ2) is 12.3. The normalized spacial score (nSPS) is 14.7. The van der Waals surface area contributed by atoms with Crippen molar-refractivity contribution in [2.24, 2.45) is 4.99 Å². The summed E-state index contributed by atoms with van der Waals surface area (Å²) in [6.45, 7) is 5.64. The lowest BCUT2D eigenvalue weighted by Crippen LogP contribution is -2.42. The number of unbranched alkanes of at least 4 members (excludes halogenated alkanes) is 2. The number of hydrogen-bond acceptors (Lipinski definition) is 3. The molecule has 1 aromatic rings. The highest BCUT2D eigenvalue weighted by Gasteiger charge is 2.16. The fourth-order valence-corrected chi connectivity index (χ4v) is 2.96. The molecular weight excluding hydrogens is 448 g/mol. The van der Waals surface area contributed by atoms with Gasteiger partial charge in [0, 0.05) is 25.2 Å². The van der Waals surface area contributed by atoms with Gasteiger partial charge >= 0.3 is 0 Å². The molecule has 0 fully saturated rings. The number of ether oxygens (including phenoxy) is 2. The first-order chi connectivity index (χ1) is 12.1. The van der Waals surface area contributed by atoms with E-state index in [-0.39, 0.29) is 36.6 Å². The Morgan fingerprint density at radius 1 is 1.35 bits per heavy atom. The van der Waals surface area contributed by atoms with Crippen molar-refractivity contribution in [3.63, 3.8) is 0 Å². The summed E-state index contributed by atoms with van der Waals surface area (Å²) in [7, 11) is 1.76. The Morgan fingerprint density at radius 3 is 2.88 bits per heavy atom. The number of benzene rings is 1. The number of fused-ring (bicyclic) bond motifs is 1. The molecular formula is C19H31FIN3O2. The molecule has 0 spiro atoms. The van der Waals surface area contributed by atoms with Crippen LogP contribution in [0.15, 0.2) is 17.1 Å². The number of nitrogens with one attached hydrogen (secondary N) is 2. The van der Waals surface area contributed by atoms with Crippen molar-refractivity contribution < 1.29 is 13.9 Å². The molecule has 1 unspecified atom stereocenters. The van der Waals surface area contributed by atoms with Crippen molar-refractivity contribution in [2.45, 2.75) is 58.6 Å². The predicted octanol–water partition coefficient (Wildman–Crippen LogP) is 3.99. The zero-order valence-corrected chi connectivity index (χ0v) is 18.3. The van der Waals surface area contributed by atoms with E-state index in [2.05, 4.69) is 29.5 Å². The van der Waals surface area contributed by atoms with E-state index in [4.69, 9.17) is 9.47 Å². The van der Waals surface area contributed by atoms with E-state index in [0.717, 1.165) is 29.3 Å². The first kappa shape index (κ1) is 23.0. The summed E-state index contributed by atoms with van der Waals surface area (Å²) in [5.41, 5.74) is 1.63. The van der Waals surface area contributed by atoms with E-state index in [0.29, 0.717) is 25.6 Å². The number of rotatable bonds is 8. The largest absolute Gasteiger partial charge is 0.467 e. The summed E-state index contributed by atoms with van der Waals surface area (Å²) >= 11 is 0. The summed E-state index contributed by atoms with van der Waals surface area (Å²) in [5.74, 6) is 1.28. The van der Waals surface area contributed by atoms with E-state index in [9.17, 15) is 4.39 Å². The highest BCUT2D eigenvalue weighted by Crippen LogP contribution is 2.29. The molecule has 26 heavy (non-hydrogen) atoms. The van der Waals surface area contributed by atoms with Crippen LogP contribution in [0.4, 0.5) is 4.39 Å². The average Bonchev–Trinajstić information content (AvgIpc) is 2.60. The maximum absolute atomic E-state index is 13.8. The van der Waals surface area contributed by atoms with Gasteiger partial charge in [-0.15, -0.1) is 24.0 Å². The highest BCUT2D eigenvalue weighted by atomic mass is 127. The van der Waals surface area contributed by atoms with Crippen molar-refractivity contribution in [3.05, 3.63) is 29.1 Å². The molecule has 0 saturated carbocycles. The van der Waals surface area contributed by atoms with E-state index >= 15 is 0 Å². The van der Waals surface area contributed by atoms with Gasteiger partial charge in [0.25, 0.3) is 0 Å². The number of halogens is 2. The van der Waals surface area contributed by atoms with Crippen molar-refractivity contribution in [1.82, 2.24) is 10.6 Å². The zero-order valence-electron chi connectivity index (χ0n) is 15.9. The Balaban J connectivity index is 0.00000338. The lowest BCUT2D eigenvalue weighted by molar-refractivity contribution is -0.0172. The molecule has 0 aromatic heterocycles. The van der Waals surface area contributed by atoms with Crippen LogP contribution in [-0.4, -0.2) is 32.4 Å². The Morgan fingerprint density at radius 2 is 2.15 bits per heavy atom. The summed E-state index contributed by atoms with van der Waals surface area (Å²) < 4.78 is 24.5. The minimum atomic E-state index is -0.255. The van der Waals surface area contributed by atoms with Gasteiger partial charge in [-0.1, -0.05) is 26.2 Å². The van der Waals surface area contributed by atoms with E-state index in [1.165, 1.54) is 31.4 Å². The Hall–Kier alpha value is -1.09. The number of aliphatic imine (C=N–C) groups is 1. The minimum Gasteiger partial charge on any atom is -0.467 e. The molecule has 148 valence electrons. The molecule has 2 N–H and O–H groups in total. The molecule has 0 saturated heterocycles. The van der Waals surface area contributed by atoms with Gasteiger partial charge in [-0.25, -0.2) is 4.39 Å². The molecule has 2 rings (SSSR count). The van der Waals surface area contributed by atoms with Gasteiger partial charge in [0.2, 0.25) is 0 Å². The number of hydrogen-bond donors (Lipinski definition) is 2. The Kier molecular flexibility index (Phi) is 10.9. The van der Waals surface area contributed by atoms with Gasteiger partial charge in [-0.05, 0) is 37.5 Å². The van der Waals surface area contributed by atoms with Gasteiger partial charge in [0.15, 0.2) is 12.8 Å². The van der Waals surface area contributed by atoms with Crippen LogP contribution >= 0.6 is 24.0 Å².